The van der Waals surface area contributed by atoms with Crippen molar-refractivity contribution in [1.29, 1.82) is 0 Å². The van der Waals surface area contributed by atoms with Crippen molar-refractivity contribution >= 4 is 23.4 Å². The highest BCUT2D eigenvalue weighted by atomic mass is 16.5. The monoisotopic (exact) mass is 376 g/mol. The van der Waals surface area contributed by atoms with Crippen molar-refractivity contribution in [2.45, 2.75) is 13.3 Å². The number of nitrogens with two attached hydrogens (primary N) is 1. The molecule has 0 atom stereocenters. The summed E-state index contributed by atoms with van der Waals surface area (Å²) in [6.45, 7) is 1.85. The number of anilines is 2. The van der Waals surface area contributed by atoms with Crippen LogP contribution in [-0.2, 0) is 11.2 Å². The molecule has 2 aromatic carbocycles. The highest BCUT2D eigenvalue weighted by molar-refractivity contribution is 6.01. The first-order valence-corrected chi connectivity index (χ1v) is 8.64. The molecule has 0 unspecified atom stereocenters. The fourth-order valence-corrected chi connectivity index (χ4v) is 2.57. The lowest BCUT2D eigenvalue weighted by Crippen LogP contribution is -2.35. The SMILES string of the molecule is Cc1cc(NC(=O)NC(=O)Cc2ccccc2)ccc1Oc1ccnc(N)c1. The molecule has 0 saturated heterocycles. The van der Waals surface area contributed by atoms with Gasteiger partial charge >= 0.3 is 6.03 Å². The summed E-state index contributed by atoms with van der Waals surface area (Å²) < 4.78 is 5.78. The van der Waals surface area contributed by atoms with Gasteiger partial charge in [0.15, 0.2) is 0 Å². The largest absolute Gasteiger partial charge is 0.457 e. The molecule has 0 spiro atoms. The molecule has 7 heteroatoms. The average molecular weight is 376 g/mol. The molecule has 1 heterocycles. The van der Waals surface area contributed by atoms with E-state index in [9.17, 15) is 9.59 Å². The lowest BCUT2D eigenvalue weighted by molar-refractivity contribution is -0.119. The third kappa shape index (κ3) is 5.31. The number of imide groups is 1. The quantitative estimate of drug-likeness (QED) is 0.630. The summed E-state index contributed by atoms with van der Waals surface area (Å²) in [5, 5.41) is 4.96. The molecule has 3 amide bonds. The molecule has 3 aromatic rings. The minimum atomic E-state index is -0.587. The minimum Gasteiger partial charge on any atom is -0.457 e. The van der Waals surface area contributed by atoms with Crippen LogP contribution in [0.15, 0.2) is 66.9 Å². The van der Waals surface area contributed by atoms with Gasteiger partial charge in [-0.3, -0.25) is 10.1 Å². The second-order valence-corrected chi connectivity index (χ2v) is 6.16. The van der Waals surface area contributed by atoms with Crippen molar-refractivity contribution in [3.8, 4) is 11.5 Å². The summed E-state index contributed by atoms with van der Waals surface area (Å²) in [5.41, 5.74) is 7.83. The number of ether oxygens (including phenoxy) is 1. The zero-order valence-corrected chi connectivity index (χ0v) is 15.3. The van der Waals surface area contributed by atoms with Crippen molar-refractivity contribution in [2.24, 2.45) is 0 Å². The molecular formula is C21H20N4O3. The van der Waals surface area contributed by atoms with Crippen LogP contribution in [0, 0.1) is 6.92 Å². The van der Waals surface area contributed by atoms with Gasteiger partial charge in [0.2, 0.25) is 5.91 Å². The molecule has 0 radical (unpaired) electrons. The van der Waals surface area contributed by atoms with Crippen LogP contribution in [0.25, 0.3) is 0 Å². The molecule has 1 aromatic heterocycles. The topological polar surface area (TPSA) is 106 Å². The van der Waals surface area contributed by atoms with Crippen LogP contribution in [0.5, 0.6) is 11.5 Å². The third-order valence-electron chi connectivity index (χ3n) is 3.87. The predicted molar refractivity (Wildman–Crippen MR) is 107 cm³/mol. The Balaban J connectivity index is 1.57. The van der Waals surface area contributed by atoms with E-state index in [1.165, 1.54) is 0 Å². The molecule has 0 aliphatic carbocycles. The number of nitrogens with one attached hydrogen (secondary N) is 2. The van der Waals surface area contributed by atoms with Crippen molar-refractivity contribution in [1.82, 2.24) is 10.3 Å². The number of nitrogen functional groups attached to an aromatic ring is 1. The molecule has 0 bridgehead atoms. The van der Waals surface area contributed by atoms with E-state index in [-0.39, 0.29) is 12.3 Å². The molecule has 28 heavy (non-hydrogen) atoms. The van der Waals surface area contributed by atoms with Crippen molar-refractivity contribution in [3.05, 3.63) is 78.0 Å². The first-order chi connectivity index (χ1) is 13.5. The van der Waals surface area contributed by atoms with Gasteiger partial charge in [-0.15, -0.1) is 0 Å². The molecule has 0 saturated carbocycles. The molecule has 0 aliphatic heterocycles. The zero-order chi connectivity index (χ0) is 19.9. The van der Waals surface area contributed by atoms with Crippen molar-refractivity contribution < 1.29 is 14.3 Å². The highest BCUT2D eigenvalue weighted by Crippen LogP contribution is 2.27. The number of urea groups is 1. The van der Waals surface area contributed by atoms with Gasteiger partial charge < -0.3 is 15.8 Å². The number of hydrogen-bond donors (Lipinski definition) is 3. The fourth-order valence-electron chi connectivity index (χ4n) is 2.57. The molecule has 4 N–H and O–H groups in total. The summed E-state index contributed by atoms with van der Waals surface area (Å²) in [4.78, 5) is 27.9. The second-order valence-electron chi connectivity index (χ2n) is 6.16. The van der Waals surface area contributed by atoms with Gasteiger partial charge in [-0.2, -0.15) is 0 Å². The van der Waals surface area contributed by atoms with Crippen molar-refractivity contribution in [2.75, 3.05) is 11.1 Å². The Kier molecular flexibility index (Phi) is 5.86. The van der Waals surface area contributed by atoms with Gasteiger partial charge in [0.1, 0.15) is 17.3 Å². The Hall–Kier alpha value is -3.87. The Morgan fingerprint density at radius 3 is 2.57 bits per heavy atom. The van der Waals surface area contributed by atoms with E-state index in [0.717, 1.165) is 11.1 Å². The van der Waals surface area contributed by atoms with E-state index in [0.29, 0.717) is 23.0 Å². The van der Waals surface area contributed by atoms with Crippen molar-refractivity contribution in [3.63, 3.8) is 0 Å². The lowest BCUT2D eigenvalue weighted by Gasteiger charge is -2.12. The van der Waals surface area contributed by atoms with E-state index in [1.807, 2.05) is 37.3 Å². The van der Waals surface area contributed by atoms with Crippen LogP contribution in [0.3, 0.4) is 0 Å². The van der Waals surface area contributed by atoms with Gasteiger partial charge in [-0.05, 0) is 42.3 Å². The van der Waals surface area contributed by atoms with Gasteiger partial charge in [0, 0.05) is 18.0 Å². The molecule has 0 fully saturated rings. The van der Waals surface area contributed by atoms with Crippen LogP contribution in [0.1, 0.15) is 11.1 Å². The lowest BCUT2D eigenvalue weighted by atomic mass is 10.1. The summed E-state index contributed by atoms with van der Waals surface area (Å²) in [6, 6.07) is 17.1. The van der Waals surface area contributed by atoms with E-state index < -0.39 is 6.03 Å². The maximum Gasteiger partial charge on any atom is 0.325 e. The van der Waals surface area contributed by atoms with Crippen LogP contribution < -0.4 is 21.1 Å². The van der Waals surface area contributed by atoms with Crippen LogP contribution >= 0.6 is 0 Å². The summed E-state index contributed by atoms with van der Waals surface area (Å²) in [6.07, 6.45) is 1.70. The fraction of sp³-hybridized carbons (Fsp3) is 0.0952. The molecule has 3 rings (SSSR count). The van der Waals surface area contributed by atoms with Gasteiger partial charge in [-0.25, -0.2) is 9.78 Å². The van der Waals surface area contributed by atoms with E-state index in [2.05, 4.69) is 15.6 Å². The molecule has 142 valence electrons. The maximum atomic E-state index is 12.0. The number of hydrogen-bond acceptors (Lipinski definition) is 5. The summed E-state index contributed by atoms with van der Waals surface area (Å²) >= 11 is 0. The average Bonchev–Trinajstić information content (AvgIpc) is 2.64. The Morgan fingerprint density at radius 1 is 1.07 bits per heavy atom. The number of amides is 3. The van der Waals surface area contributed by atoms with Gasteiger partial charge in [0.05, 0.1) is 6.42 Å². The first-order valence-electron chi connectivity index (χ1n) is 8.64. The number of aryl methyl sites for hydroxylation is 1. The van der Waals surface area contributed by atoms with E-state index in [1.54, 1.807) is 36.5 Å². The van der Waals surface area contributed by atoms with Gasteiger partial charge in [0.25, 0.3) is 0 Å². The highest BCUT2D eigenvalue weighted by Gasteiger charge is 2.10. The number of nitrogens with zero attached hydrogens (tertiary/aromatic N) is 1. The number of carbonyl (C=O) groups is 2. The smallest absolute Gasteiger partial charge is 0.325 e. The van der Waals surface area contributed by atoms with E-state index in [4.69, 9.17) is 10.5 Å². The third-order valence-corrected chi connectivity index (χ3v) is 3.87. The number of rotatable bonds is 5. The molecule has 0 aliphatic rings. The maximum absolute atomic E-state index is 12.0. The Bertz CT molecular complexity index is 990. The number of benzene rings is 2. The Morgan fingerprint density at radius 2 is 1.86 bits per heavy atom. The number of carbonyl (C=O) groups excluding carboxylic acids is 2. The van der Waals surface area contributed by atoms with Crippen LogP contribution in [-0.4, -0.2) is 16.9 Å². The number of pyridine rings is 1. The summed E-state index contributed by atoms with van der Waals surface area (Å²) in [5.74, 6) is 1.18. The summed E-state index contributed by atoms with van der Waals surface area (Å²) in [7, 11) is 0. The number of aromatic nitrogens is 1. The predicted octanol–water partition coefficient (Wildman–Crippen LogP) is 3.66. The zero-order valence-electron chi connectivity index (χ0n) is 15.3. The van der Waals surface area contributed by atoms with Gasteiger partial charge in [-0.1, -0.05) is 30.3 Å². The van der Waals surface area contributed by atoms with E-state index >= 15 is 0 Å². The van der Waals surface area contributed by atoms with Crippen LogP contribution in [0.4, 0.5) is 16.3 Å². The molecular weight excluding hydrogens is 356 g/mol. The Labute approximate surface area is 162 Å². The van der Waals surface area contributed by atoms with Crippen LogP contribution in [0.2, 0.25) is 0 Å². The normalized spacial score (nSPS) is 10.2. The first kappa shape index (κ1) is 18.9. The standard InChI is InChI=1S/C21H20N4O3/c1-14-11-16(7-8-18(14)28-17-9-10-23-19(22)13-17)24-21(27)25-20(26)12-15-5-3-2-4-6-15/h2-11,13H,12H2,1H3,(H2,22,23)(H2,24,25,26,27). The molecule has 7 nitrogen and oxygen atoms in total. The second kappa shape index (κ2) is 8.68. The minimum absolute atomic E-state index is 0.134.